The van der Waals surface area contributed by atoms with Crippen LogP contribution in [0.1, 0.15) is 54.9 Å². The summed E-state index contributed by atoms with van der Waals surface area (Å²) in [5.41, 5.74) is 0.235. The van der Waals surface area contributed by atoms with Crippen molar-refractivity contribution in [1.82, 2.24) is 15.2 Å². The van der Waals surface area contributed by atoms with Gasteiger partial charge in [-0.2, -0.15) is 0 Å². The van der Waals surface area contributed by atoms with Gasteiger partial charge in [0.1, 0.15) is 6.26 Å². The molecule has 0 radical (unpaired) electrons. The summed E-state index contributed by atoms with van der Waals surface area (Å²) in [6, 6.07) is 0. The van der Waals surface area contributed by atoms with Crippen molar-refractivity contribution >= 4 is 11.8 Å². The molecule has 1 saturated carbocycles. The molecule has 2 amide bonds. The van der Waals surface area contributed by atoms with E-state index in [9.17, 15) is 9.59 Å². The zero-order valence-electron chi connectivity index (χ0n) is 15.5. The van der Waals surface area contributed by atoms with E-state index in [1.165, 1.54) is 6.26 Å². The predicted molar refractivity (Wildman–Crippen MR) is 94.9 cm³/mol. The second kappa shape index (κ2) is 8.39. The molecule has 3 heterocycles. The van der Waals surface area contributed by atoms with Gasteiger partial charge in [-0.25, -0.2) is 4.98 Å². The Labute approximate surface area is 158 Å². The van der Waals surface area contributed by atoms with E-state index >= 15 is 0 Å². The second-order valence-corrected chi connectivity index (χ2v) is 7.60. The molecule has 148 valence electrons. The Kier molecular flexibility index (Phi) is 5.73. The SMILES string of the molecule is O=C(NCC1CCCO1)c1coc(CN(CC2CCCO2)C(=O)C2CC2)n1. The van der Waals surface area contributed by atoms with E-state index in [1.807, 2.05) is 0 Å². The first-order valence-corrected chi connectivity index (χ1v) is 9.93. The summed E-state index contributed by atoms with van der Waals surface area (Å²) >= 11 is 0. The van der Waals surface area contributed by atoms with Crippen molar-refractivity contribution in [3.8, 4) is 0 Å². The fourth-order valence-electron chi connectivity index (χ4n) is 3.61. The van der Waals surface area contributed by atoms with Gasteiger partial charge in [-0.15, -0.1) is 0 Å². The topological polar surface area (TPSA) is 93.9 Å². The smallest absolute Gasteiger partial charge is 0.273 e. The quantitative estimate of drug-likeness (QED) is 0.738. The van der Waals surface area contributed by atoms with Crippen molar-refractivity contribution in [3.05, 3.63) is 17.8 Å². The molecule has 2 saturated heterocycles. The van der Waals surface area contributed by atoms with Gasteiger partial charge >= 0.3 is 0 Å². The molecule has 1 aromatic rings. The molecule has 3 fully saturated rings. The number of carbonyl (C=O) groups excluding carboxylic acids is 2. The molecule has 3 aliphatic rings. The maximum absolute atomic E-state index is 12.6. The summed E-state index contributed by atoms with van der Waals surface area (Å²) in [5.74, 6) is 0.354. The molecule has 8 heteroatoms. The maximum atomic E-state index is 12.6. The number of amides is 2. The highest BCUT2D eigenvalue weighted by molar-refractivity contribution is 5.91. The molecule has 0 aromatic carbocycles. The highest BCUT2D eigenvalue weighted by Crippen LogP contribution is 2.32. The van der Waals surface area contributed by atoms with Gasteiger partial charge < -0.3 is 24.1 Å². The Morgan fingerprint density at radius 3 is 2.52 bits per heavy atom. The average molecular weight is 377 g/mol. The first-order valence-electron chi connectivity index (χ1n) is 9.93. The van der Waals surface area contributed by atoms with Gasteiger partial charge in [0.2, 0.25) is 11.8 Å². The monoisotopic (exact) mass is 377 g/mol. The van der Waals surface area contributed by atoms with Crippen LogP contribution in [0.2, 0.25) is 0 Å². The largest absolute Gasteiger partial charge is 0.446 e. The van der Waals surface area contributed by atoms with Crippen molar-refractivity contribution in [2.24, 2.45) is 5.92 Å². The number of nitrogens with zero attached hydrogens (tertiary/aromatic N) is 2. The summed E-state index contributed by atoms with van der Waals surface area (Å²) in [7, 11) is 0. The number of ether oxygens (including phenoxy) is 2. The fraction of sp³-hybridized carbons (Fsp3) is 0.737. The molecule has 0 bridgehead atoms. The first-order chi connectivity index (χ1) is 13.2. The number of hydrogen-bond donors (Lipinski definition) is 1. The van der Waals surface area contributed by atoms with Crippen molar-refractivity contribution in [1.29, 1.82) is 0 Å². The molecule has 2 unspecified atom stereocenters. The third kappa shape index (κ3) is 4.87. The van der Waals surface area contributed by atoms with Gasteiger partial charge in [0, 0.05) is 32.2 Å². The van der Waals surface area contributed by atoms with Crippen molar-refractivity contribution in [3.63, 3.8) is 0 Å². The number of hydrogen-bond acceptors (Lipinski definition) is 6. The molecule has 0 spiro atoms. The lowest BCUT2D eigenvalue weighted by Crippen LogP contribution is -2.38. The van der Waals surface area contributed by atoms with E-state index in [4.69, 9.17) is 13.9 Å². The number of oxazole rings is 1. The lowest BCUT2D eigenvalue weighted by molar-refractivity contribution is -0.135. The van der Waals surface area contributed by atoms with Crippen LogP contribution in [0.3, 0.4) is 0 Å². The second-order valence-electron chi connectivity index (χ2n) is 7.60. The van der Waals surface area contributed by atoms with Gasteiger partial charge in [0.25, 0.3) is 5.91 Å². The summed E-state index contributed by atoms with van der Waals surface area (Å²) in [5, 5.41) is 2.83. The average Bonchev–Trinajstić information content (AvgIpc) is 3.10. The Morgan fingerprint density at radius 2 is 1.85 bits per heavy atom. The van der Waals surface area contributed by atoms with Crippen LogP contribution in [0, 0.1) is 5.92 Å². The third-order valence-corrected chi connectivity index (χ3v) is 5.31. The van der Waals surface area contributed by atoms with E-state index in [0.717, 1.165) is 51.7 Å². The Balaban J connectivity index is 1.33. The standard InChI is InChI=1S/C19H27N3O5/c23-18(20-9-14-3-1-7-25-14)16-12-27-17(21-16)11-22(19(24)13-5-6-13)10-15-4-2-8-26-15/h12-15H,1-11H2,(H,20,23). The molecular weight excluding hydrogens is 350 g/mol. The number of aromatic nitrogens is 1. The van der Waals surface area contributed by atoms with E-state index in [1.54, 1.807) is 4.90 Å². The molecule has 1 aromatic heterocycles. The lowest BCUT2D eigenvalue weighted by Gasteiger charge is -2.24. The van der Waals surface area contributed by atoms with Gasteiger partial charge in [-0.3, -0.25) is 9.59 Å². The summed E-state index contributed by atoms with van der Waals surface area (Å²) < 4.78 is 16.6. The minimum atomic E-state index is -0.278. The van der Waals surface area contributed by atoms with Crippen molar-refractivity contribution < 1.29 is 23.5 Å². The van der Waals surface area contributed by atoms with Crippen molar-refractivity contribution in [2.75, 3.05) is 26.3 Å². The van der Waals surface area contributed by atoms with Crippen LogP contribution < -0.4 is 5.32 Å². The van der Waals surface area contributed by atoms with E-state index in [-0.39, 0.29) is 42.2 Å². The first kappa shape index (κ1) is 18.4. The Morgan fingerprint density at radius 1 is 1.11 bits per heavy atom. The molecule has 8 nitrogen and oxygen atoms in total. The Hall–Kier alpha value is -1.93. The summed E-state index contributed by atoms with van der Waals surface area (Å²) in [6.07, 6.45) is 7.41. The van der Waals surface area contributed by atoms with Gasteiger partial charge in [0.15, 0.2) is 5.69 Å². The van der Waals surface area contributed by atoms with Crippen LogP contribution in [-0.4, -0.2) is 60.2 Å². The third-order valence-electron chi connectivity index (χ3n) is 5.31. The highest BCUT2D eigenvalue weighted by atomic mass is 16.5. The number of carbonyl (C=O) groups is 2. The highest BCUT2D eigenvalue weighted by Gasteiger charge is 2.35. The number of nitrogens with one attached hydrogen (secondary N) is 1. The molecule has 2 aliphatic heterocycles. The molecule has 2 atom stereocenters. The zero-order chi connectivity index (χ0) is 18.6. The minimum absolute atomic E-state index is 0.0804. The predicted octanol–water partition coefficient (Wildman–Crippen LogP) is 1.50. The maximum Gasteiger partial charge on any atom is 0.273 e. The van der Waals surface area contributed by atoms with Gasteiger partial charge in [-0.05, 0) is 38.5 Å². The lowest BCUT2D eigenvalue weighted by atomic mass is 10.2. The van der Waals surface area contributed by atoms with Gasteiger partial charge in [0.05, 0.1) is 18.8 Å². The minimum Gasteiger partial charge on any atom is -0.446 e. The Bertz CT molecular complexity index is 660. The summed E-state index contributed by atoms with van der Waals surface area (Å²) in [6.45, 7) is 2.81. The molecular formula is C19H27N3O5. The van der Waals surface area contributed by atoms with Crippen LogP contribution in [0.5, 0.6) is 0 Å². The molecule has 4 rings (SSSR count). The zero-order valence-corrected chi connectivity index (χ0v) is 15.5. The normalized spacial score (nSPS) is 24.9. The molecule has 1 N–H and O–H groups in total. The molecule has 27 heavy (non-hydrogen) atoms. The van der Waals surface area contributed by atoms with Crippen LogP contribution in [0.15, 0.2) is 10.7 Å². The van der Waals surface area contributed by atoms with Crippen LogP contribution >= 0.6 is 0 Å². The van der Waals surface area contributed by atoms with E-state index in [0.29, 0.717) is 19.0 Å². The van der Waals surface area contributed by atoms with Crippen LogP contribution in [0.25, 0.3) is 0 Å². The van der Waals surface area contributed by atoms with Crippen molar-refractivity contribution in [2.45, 2.75) is 57.3 Å². The van der Waals surface area contributed by atoms with Crippen LogP contribution in [0.4, 0.5) is 0 Å². The molecule has 1 aliphatic carbocycles. The summed E-state index contributed by atoms with van der Waals surface area (Å²) in [4.78, 5) is 30.9. The van der Waals surface area contributed by atoms with Gasteiger partial charge in [-0.1, -0.05) is 0 Å². The van der Waals surface area contributed by atoms with E-state index in [2.05, 4.69) is 10.3 Å². The fourth-order valence-corrected chi connectivity index (χ4v) is 3.61. The van der Waals surface area contributed by atoms with Crippen LogP contribution in [-0.2, 0) is 20.8 Å². The van der Waals surface area contributed by atoms with E-state index < -0.39 is 0 Å². The number of rotatable bonds is 8.